The van der Waals surface area contributed by atoms with Crippen molar-refractivity contribution in [3.8, 4) is 5.75 Å². The number of hydrogen-bond acceptors (Lipinski definition) is 3. The van der Waals surface area contributed by atoms with Crippen LogP contribution in [0.1, 0.15) is 23.2 Å². The number of ether oxygens (including phenoxy) is 1. The average Bonchev–Trinajstić information content (AvgIpc) is 3.00. The maximum atomic E-state index is 12.2. The second-order valence-corrected chi connectivity index (χ2v) is 5.72. The number of halogens is 3. The van der Waals surface area contributed by atoms with Crippen LogP contribution in [0.3, 0.4) is 0 Å². The van der Waals surface area contributed by atoms with Crippen LogP contribution in [0.25, 0.3) is 0 Å². The van der Waals surface area contributed by atoms with E-state index in [1.54, 1.807) is 6.20 Å². The van der Waals surface area contributed by atoms with Gasteiger partial charge in [-0.25, -0.2) is 0 Å². The number of nitrogens with one attached hydrogen (secondary N) is 2. The number of carbonyl (C=O) groups excluding carboxylic acids is 1. The van der Waals surface area contributed by atoms with Crippen molar-refractivity contribution >= 4 is 5.91 Å². The molecule has 1 aliphatic carbocycles. The van der Waals surface area contributed by atoms with Gasteiger partial charge in [-0.05, 0) is 42.5 Å². The number of rotatable bonds is 4. The number of aryl methyl sites for hydroxylation is 1. The Morgan fingerprint density at radius 3 is 2.79 bits per heavy atom. The molecule has 0 fully saturated rings. The van der Waals surface area contributed by atoms with E-state index in [1.807, 2.05) is 0 Å². The lowest BCUT2D eigenvalue weighted by Gasteiger charge is -2.21. The zero-order valence-corrected chi connectivity index (χ0v) is 12.7. The average molecular weight is 339 g/mol. The zero-order valence-electron chi connectivity index (χ0n) is 12.7. The number of carbonyl (C=O) groups is 1. The Hall–Kier alpha value is -2.51. The molecule has 1 aromatic carbocycles. The molecule has 0 saturated heterocycles. The lowest BCUT2D eigenvalue weighted by Crippen LogP contribution is -2.33. The molecule has 1 aromatic heterocycles. The van der Waals surface area contributed by atoms with E-state index in [0.29, 0.717) is 12.0 Å². The lowest BCUT2D eigenvalue weighted by molar-refractivity contribution is -0.274. The normalized spacial score (nSPS) is 17.2. The maximum absolute atomic E-state index is 12.2. The molecule has 0 radical (unpaired) electrons. The summed E-state index contributed by atoms with van der Waals surface area (Å²) >= 11 is 0. The first kappa shape index (κ1) is 16.4. The minimum atomic E-state index is -4.71. The molecule has 0 aliphatic heterocycles. The summed E-state index contributed by atoms with van der Waals surface area (Å²) < 4.78 is 40.1. The lowest BCUT2D eigenvalue weighted by atomic mass is 9.87. The highest BCUT2D eigenvalue weighted by atomic mass is 19.4. The minimum absolute atomic E-state index is 0.0579. The second kappa shape index (κ2) is 6.54. The minimum Gasteiger partial charge on any atom is -0.406 e. The summed E-state index contributed by atoms with van der Waals surface area (Å²) in [4.78, 5) is 12.2. The molecule has 128 valence electrons. The summed E-state index contributed by atoms with van der Waals surface area (Å²) in [5.74, 6) is -0.447. The van der Waals surface area contributed by atoms with Crippen LogP contribution in [0, 0.1) is 5.92 Å². The first-order chi connectivity index (χ1) is 11.4. The molecule has 0 saturated carbocycles. The predicted octanol–water partition coefficient (Wildman–Crippen LogP) is 2.73. The molecule has 1 amide bonds. The summed E-state index contributed by atoms with van der Waals surface area (Å²) in [7, 11) is 0. The Balaban J connectivity index is 1.51. The molecule has 0 spiro atoms. The summed E-state index contributed by atoms with van der Waals surface area (Å²) in [5, 5.41) is 9.73. The van der Waals surface area contributed by atoms with Gasteiger partial charge in [0.05, 0.1) is 6.20 Å². The van der Waals surface area contributed by atoms with Gasteiger partial charge in [-0.1, -0.05) is 12.1 Å². The summed E-state index contributed by atoms with van der Waals surface area (Å²) in [6, 6.07) is 5.45. The van der Waals surface area contributed by atoms with Gasteiger partial charge in [0, 0.05) is 18.2 Å². The van der Waals surface area contributed by atoms with Gasteiger partial charge in [-0.15, -0.1) is 13.2 Å². The Bertz CT molecular complexity index is 710. The van der Waals surface area contributed by atoms with Gasteiger partial charge in [0.15, 0.2) is 0 Å². The van der Waals surface area contributed by atoms with Gasteiger partial charge in [-0.2, -0.15) is 5.10 Å². The molecular formula is C16H16F3N3O2. The molecule has 1 atom stereocenters. The third kappa shape index (κ3) is 4.06. The number of H-pyrrole nitrogens is 1. The van der Waals surface area contributed by atoms with Crippen molar-refractivity contribution in [2.24, 2.45) is 5.92 Å². The highest BCUT2D eigenvalue weighted by Crippen LogP contribution is 2.24. The second-order valence-electron chi connectivity index (χ2n) is 5.72. The van der Waals surface area contributed by atoms with Gasteiger partial charge in [0.25, 0.3) is 0 Å². The van der Waals surface area contributed by atoms with E-state index in [4.69, 9.17) is 0 Å². The molecule has 24 heavy (non-hydrogen) atoms. The van der Waals surface area contributed by atoms with Crippen LogP contribution in [0.5, 0.6) is 5.75 Å². The zero-order chi connectivity index (χ0) is 17.2. The smallest absolute Gasteiger partial charge is 0.406 e. The van der Waals surface area contributed by atoms with Crippen molar-refractivity contribution in [2.45, 2.75) is 32.2 Å². The standard InChI is InChI=1S/C16H16F3N3O2/c17-16(18,19)24-13-4-1-10(2-5-13)8-20-15(23)11-3-6-14-12(7-11)9-21-22-14/h1-2,4-5,9,11H,3,6-8H2,(H,20,23)(H,21,22). The van der Waals surface area contributed by atoms with Gasteiger partial charge in [-0.3, -0.25) is 9.89 Å². The quantitative estimate of drug-likeness (QED) is 0.900. The molecule has 3 rings (SSSR count). The van der Waals surface area contributed by atoms with Crippen LogP contribution < -0.4 is 10.1 Å². The Kier molecular flexibility index (Phi) is 4.46. The number of aromatic amines is 1. The first-order valence-corrected chi connectivity index (χ1v) is 7.54. The monoisotopic (exact) mass is 339 g/mol. The van der Waals surface area contributed by atoms with Crippen LogP contribution in [0.4, 0.5) is 13.2 Å². The van der Waals surface area contributed by atoms with E-state index in [9.17, 15) is 18.0 Å². The number of hydrogen-bond donors (Lipinski definition) is 2. The summed E-state index contributed by atoms with van der Waals surface area (Å²) in [6.07, 6.45) is -0.775. The van der Waals surface area contributed by atoms with E-state index in [-0.39, 0.29) is 24.1 Å². The van der Waals surface area contributed by atoms with E-state index >= 15 is 0 Å². The highest BCUT2D eigenvalue weighted by molar-refractivity contribution is 5.79. The van der Waals surface area contributed by atoms with Gasteiger partial charge >= 0.3 is 6.36 Å². The van der Waals surface area contributed by atoms with Crippen molar-refractivity contribution in [3.05, 3.63) is 47.3 Å². The SMILES string of the molecule is O=C(NCc1ccc(OC(F)(F)F)cc1)C1CCc2[nH]ncc2C1. The number of alkyl halides is 3. The van der Waals surface area contributed by atoms with Crippen LogP contribution in [0.2, 0.25) is 0 Å². The Labute approximate surface area is 136 Å². The van der Waals surface area contributed by atoms with E-state index < -0.39 is 6.36 Å². The molecule has 8 heteroatoms. The summed E-state index contributed by atoms with van der Waals surface area (Å²) in [5.41, 5.74) is 2.85. The van der Waals surface area contributed by atoms with Crippen LogP contribution in [0.15, 0.2) is 30.5 Å². The van der Waals surface area contributed by atoms with Crippen LogP contribution >= 0.6 is 0 Å². The molecular weight excluding hydrogens is 323 g/mol. The third-order valence-corrected chi connectivity index (χ3v) is 4.01. The molecule has 5 nitrogen and oxygen atoms in total. The van der Waals surface area contributed by atoms with Crippen molar-refractivity contribution in [1.82, 2.24) is 15.5 Å². The molecule has 1 unspecified atom stereocenters. The van der Waals surface area contributed by atoms with E-state index in [1.165, 1.54) is 24.3 Å². The molecule has 2 N–H and O–H groups in total. The van der Waals surface area contributed by atoms with Gasteiger partial charge < -0.3 is 10.1 Å². The molecule has 2 aromatic rings. The van der Waals surface area contributed by atoms with E-state index in [2.05, 4.69) is 20.3 Å². The van der Waals surface area contributed by atoms with Crippen molar-refractivity contribution in [3.63, 3.8) is 0 Å². The van der Waals surface area contributed by atoms with Crippen molar-refractivity contribution < 1.29 is 22.7 Å². The van der Waals surface area contributed by atoms with Gasteiger partial charge in [0.2, 0.25) is 5.91 Å². The highest BCUT2D eigenvalue weighted by Gasteiger charge is 2.31. The predicted molar refractivity (Wildman–Crippen MR) is 79.1 cm³/mol. The maximum Gasteiger partial charge on any atom is 0.573 e. The van der Waals surface area contributed by atoms with Crippen molar-refractivity contribution in [2.75, 3.05) is 0 Å². The number of benzene rings is 1. The number of amides is 1. The fourth-order valence-corrected chi connectivity index (χ4v) is 2.78. The number of fused-ring (bicyclic) bond motifs is 1. The topological polar surface area (TPSA) is 67.0 Å². The van der Waals surface area contributed by atoms with Crippen LogP contribution in [-0.4, -0.2) is 22.5 Å². The van der Waals surface area contributed by atoms with Gasteiger partial charge in [0.1, 0.15) is 5.75 Å². The fraction of sp³-hybridized carbons (Fsp3) is 0.375. The molecule has 1 aliphatic rings. The third-order valence-electron chi connectivity index (χ3n) is 4.01. The number of nitrogens with zero attached hydrogens (tertiary/aromatic N) is 1. The Morgan fingerprint density at radius 1 is 1.33 bits per heavy atom. The first-order valence-electron chi connectivity index (χ1n) is 7.54. The molecule has 1 heterocycles. The molecule has 0 bridgehead atoms. The Morgan fingerprint density at radius 2 is 2.08 bits per heavy atom. The van der Waals surface area contributed by atoms with Crippen LogP contribution in [-0.2, 0) is 24.2 Å². The van der Waals surface area contributed by atoms with Crippen molar-refractivity contribution in [1.29, 1.82) is 0 Å². The number of aromatic nitrogens is 2. The fourth-order valence-electron chi connectivity index (χ4n) is 2.78. The van der Waals surface area contributed by atoms with E-state index in [0.717, 1.165) is 24.1 Å². The summed E-state index contributed by atoms with van der Waals surface area (Å²) in [6.45, 7) is 0.264. The largest absolute Gasteiger partial charge is 0.573 e.